The van der Waals surface area contributed by atoms with E-state index in [9.17, 15) is 13.2 Å². The zero-order valence-electron chi connectivity index (χ0n) is 12.6. The van der Waals surface area contributed by atoms with Gasteiger partial charge in [0.05, 0.1) is 10.9 Å². The second-order valence-electron chi connectivity index (χ2n) is 5.09. The standard InChI is InChI=1S/C14H20N4O3S/c1-10(9-13(19)16-8-7-15-2)17-14-11-5-3-4-6-12(11)22(20,21)18-14/h3-6,10,15H,7-9H2,1-2H3,(H,16,19)(H,17,18). The molecule has 1 aromatic rings. The van der Waals surface area contributed by atoms with Gasteiger partial charge in [0.15, 0.2) is 0 Å². The quantitative estimate of drug-likeness (QED) is 0.633. The number of carbonyl (C=O) groups excluding carboxylic acids is 1. The van der Waals surface area contributed by atoms with Crippen molar-refractivity contribution in [3.63, 3.8) is 0 Å². The molecule has 1 atom stereocenters. The van der Waals surface area contributed by atoms with E-state index >= 15 is 0 Å². The maximum atomic E-state index is 12.0. The number of nitrogens with one attached hydrogen (secondary N) is 3. The van der Waals surface area contributed by atoms with E-state index in [1.165, 1.54) is 6.07 Å². The van der Waals surface area contributed by atoms with Crippen molar-refractivity contribution >= 4 is 21.8 Å². The van der Waals surface area contributed by atoms with E-state index in [2.05, 4.69) is 20.3 Å². The summed E-state index contributed by atoms with van der Waals surface area (Å²) in [5.74, 6) is 0.187. The van der Waals surface area contributed by atoms with Crippen LogP contribution in [0.1, 0.15) is 18.9 Å². The van der Waals surface area contributed by atoms with Crippen LogP contribution in [0.4, 0.5) is 0 Å². The molecular formula is C14H20N4O3S. The van der Waals surface area contributed by atoms with Crippen molar-refractivity contribution in [1.29, 1.82) is 0 Å². The van der Waals surface area contributed by atoms with Gasteiger partial charge in [-0.3, -0.25) is 14.5 Å². The SMILES string of the molecule is CNCCNC(=O)CC(C)N=C1NS(=O)(=O)c2ccccc21. The normalized spacial score (nSPS) is 18.5. The molecule has 1 aliphatic rings. The van der Waals surface area contributed by atoms with Crippen LogP contribution in [0.25, 0.3) is 0 Å². The number of likely N-dealkylation sites (N-methyl/N-ethyl adjacent to an activating group) is 1. The minimum atomic E-state index is -3.54. The van der Waals surface area contributed by atoms with Gasteiger partial charge in [0.2, 0.25) is 5.91 Å². The Hall–Kier alpha value is -1.93. The first kappa shape index (κ1) is 16.4. The van der Waals surface area contributed by atoms with E-state index in [1.54, 1.807) is 25.1 Å². The molecule has 2 rings (SSSR count). The lowest BCUT2D eigenvalue weighted by molar-refractivity contribution is -0.121. The van der Waals surface area contributed by atoms with Crippen LogP contribution < -0.4 is 15.4 Å². The number of sulfonamides is 1. The number of aliphatic imine (C=N–C) groups is 1. The Balaban J connectivity index is 2.06. The Morgan fingerprint density at radius 2 is 2.05 bits per heavy atom. The molecule has 1 aliphatic heterocycles. The summed E-state index contributed by atoms with van der Waals surface area (Å²) in [6, 6.07) is 6.34. The van der Waals surface area contributed by atoms with Crippen LogP contribution in [0.3, 0.4) is 0 Å². The van der Waals surface area contributed by atoms with Gasteiger partial charge in [0.25, 0.3) is 10.0 Å². The van der Waals surface area contributed by atoms with Crippen LogP contribution in [0.15, 0.2) is 34.2 Å². The van der Waals surface area contributed by atoms with Gasteiger partial charge in [-0.05, 0) is 26.1 Å². The molecule has 0 fully saturated rings. The van der Waals surface area contributed by atoms with E-state index in [0.717, 1.165) is 0 Å². The summed E-state index contributed by atoms with van der Waals surface area (Å²) in [4.78, 5) is 16.3. The Labute approximate surface area is 130 Å². The molecule has 0 aliphatic carbocycles. The van der Waals surface area contributed by atoms with Crippen molar-refractivity contribution < 1.29 is 13.2 Å². The number of rotatable bonds is 6. The van der Waals surface area contributed by atoms with Crippen LogP contribution in [0.5, 0.6) is 0 Å². The van der Waals surface area contributed by atoms with Crippen LogP contribution in [-0.2, 0) is 14.8 Å². The minimum Gasteiger partial charge on any atom is -0.355 e. The molecule has 0 aromatic heterocycles. The van der Waals surface area contributed by atoms with Gasteiger partial charge in [-0.1, -0.05) is 12.1 Å². The largest absolute Gasteiger partial charge is 0.355 e. The third-order valence-electron chi connectivity index (χ3n) is 3.19. The van der Waals surface area contributed by atoms with Gasteiger partial charge < -0.3 is 10.6 Å². The highest BCUT2D eigenvalue weighted by Crippen LogP contribution is 2.22. The molecule has 1 unspecified atom stereocenters. The molecule has 0 bridgehead atoms. The van der Waals surface area contributed by atoms with E-state index in [-0.39, 0.29) is 23.3 Å². The fraction of sp³-hybridized carbons (Fsp3) is 0.429. The van der Waals surface area contributed by atoms with Gasteiger partial charge >= 0.3 is 0 Å². The smallest absolute Gasteiger partial charge is 0.263 e. The first-order valence-electron chi connectivity index (χ1n) is 7.05. The number of hydrogen-bond donors (Lipinski definition) is 3. The summed E-state index contributed by atoms with van der Waals surface area (Å²) in [6.07, 6.45) is 0.205. The average molecular weight is 324 g/mol. The maximum Gasteiger partial charge on any atom is 0.263 e. The van der Waals surface area contributed by atoms with Crippen molar-refractivity contribution in [2.75, 3.05) is 20.1 Å². The van der Waals surface area contributed by atoms with Crippen molar-refractivity contribution in [3.05, 3.63) is 29.8 Å². The van der Waals surface area contributed by atoms with Crippen LogP contribution in [0.2, 0.25) is 0 Å². The number of carbonyl (C=O) groups is 1. The molecule has 1 heterocycles. The molecule has 0 spiro atoms. The zero-order valence-corrected chi connectivity index (χ0v) is 13.4. The predicted octanol–water partition coefficient (Wildman–Crippen LogP) is -0.161. The van der Waals surface area contributed by atoms with Gasteiger partial charge in [-0.25, -0.2) is 8.42 Å². The lowest BCUT2D eigenvalue weighted by atomic mass is 10.2. The second-order valence-corrected chi connectivity index (χ2v) is 6.74. The van der Waals surface area contributed by atoms with Crippen LogP contribution in [0, 0.1) is 0 Å². The van der Waals surface area contributed by atoms with Gasteiger partial charge in [-0.2, -0.15) is 0 Å². The van der Waals surface area contributed by atoms with Crippen molar-refractivity contribution in [2.45, 2.75) is 24.3 Å². The van der Waals surface area contributed by atoms with E-state index in [4.69, 9.17) is 0 Å². The van der Waals surface area contributed by atoms with E-state index in [0.29, 0.717) is 24.5 Å². The molecule has 8 heteroatoms. The number of benzene rings is 1. The number of nitrogens with zero attached hydrogens (tertiary/aromatic N) is 1. The summed E-state index contributed by atoms with van der Waals surface area (Å²) in [5.41, 5.74) is 0.546. The number of amidine groups is 1. The number of amides is 1. The molecule has 22 heavy (non-hydrogen) atoms. The highest BCUT2D eigenvalue weighted by Gasteiger charge is 2.30. The molecule has 1 amide bonds. The van der Waals surface area contributed by atoms with E-state index in [1.807, 2.05) is 7.05 Å². The monoisotopic (exact) mass is 324 g/mol. The average Bonchev–Trinajstić information content (AvgIpc) is 2.71. The van der Waals surface area contributed by atoms with Crippen LogP contribution >= 0.6 is 0 Å². The zero-order chi connectivity index (χ0) is 16.2. The lowest BCUT2D eigenvalue weighted by Crippen LogP contribution is -2.32. The molecule has 1 aromatic carbocycles. The third kappa shape index (κ3) is 3.83. The van der Waals surface area contributed by atoms with Gasteiger partial charge in [0.1, 0.15) is 5.84 Å². The van der Waals surface area contributed by atoms with Gasteiger partial charge in [0, 0.05) is 25.1 Å². The van der Waals surface area contributed by atoms with Crippen LogP contribution in [-0.4, -0.2) is 46.3 Å². The highest BCUT2D eigenvalue weighted by atomic mass is 32.2. The van der Waals surface area contributed by atoms with Gasteiger partial charge in [-0.15, -0.1) is 0 Å². The second kappa shape index (κ2) is 6.89. The Kier molecular flexibility index (Phi) is 5.15. The third-order valence-corrected chi connectivity index (χ3v) is 4.59. The molecule has 3 N–H and O–H groups in total. The summed E-state index contributed by atoms with van der Waals surface area (Å²) in [5, 5.41) is 5.70. The number of hydrogen-bond acceptors (Lipinski definition) is 5. The minimum absolute atomic E-state index is 0.110. The van der Waals surface area contributed by atoms with Crippen molar-refractivity contribution in [1.82, 2.24) is 15.4 Å². The molecular weight excluding hydrogens is 304 g/mol. The molecule has 0 saturated carbocycles. The summed E-state index contributed by atoms with van der Waals surface area (Å²) < 4.78 is 26.4. The van der Waals surface area contributed by atoms with Crippen molar-refractivity contribution in [3.8, 4) is 0 Å². The van der Waals surface area contributed by atoms with Crippen molar-refractivity contribution in [2.24, 2.45) is 4.99 Å². The fourth-order valence-electron chi connectivity index (χ4n) is 2.16. The molecule has 0 radical (unpaired) electrons. The highest BCUT2D eigenvalue weighted by molar-refractivity contribution is 7.90. The molecule has 0 saturated heterocycles. The Morgan fingerprint density at radius 1 is 1.32 bits per heavy atom. The first-order valence-corrected chi connectivity index (χ1v) is 8.53. The topological polar surface area (TPSA) is 99.7 Å². The van der Waals surface area contributed by atoms with E-state index < -0.39 is 10.0 Å². The lowest BCUT2D eigenvalue weighted by Gasteiger charge is -2.09. The number of fused-ring (bicyclic) bond motifs is 1. The Morgan fingerprint density at radius 3 is 2.77 bits per heavy atom. The Bertz CT molecular complexity index is 685. The first-order chi connectivity index (χ1) is 10.4. The fourth-order valence-corrected chi connectivity index (χ4v) is 3.40. The predicted molar refractivity (Wildman–Crippen MR) is 84.3 cm³/mol. The summed E-state index contributed by atoms with van der Waals surface area (Å²) >= 11 is 0. The summed E-state index contributed by atoms with van der Waals surface area (Å²) in [7, 11) is -1.73. The molecule has 120 valence electrons. The molecule has 7 nitrogen and oxygen atoms in total. The summed E-state index contributed by atoms with van der Waals surface area (Å²) in [6.45, 7) is 3.02. The maximum absolute atomic E-state index is 12.0.